The maximum Gasteiger partial charge on any atom is 0.257 e. The summed E-state index contributed by atoms with van der Waals surface area (Å²) >= 11 is 0. The van der Waals surface area contributed by atoms with Crippen molar-refractivity contribution in [1.82, 2.24) is 20.5 Å². The first kappa shape index (κ1) is 12.2. The van der Waals surface area contributed by atoms with Gasteiger partial charge in [0.15, 0.2) is 5.82 Å². The molecule has 0 aliphatic rings. The molecule has 2 aromatic heterocycles. The molecule has 7 heteroatoms. The molecule has 0 bridgehead atoms. The lowest BCUT2D eigenvalue weighted by atomic mass is 10.2. The van der Waals surface area contributed by atoms with E-state index in [1.807, 2.05) is 13.8 Å². The number of aromatic nitrogens is 3. The highest BCUT2D eigenvalue weighted by Crippen LogP contribution is 2.12. The highest BCUT2D eigenvalue weighted by Gasteiger charge is 2.16. The maximum absolute atomic E-state index is 11.9. The molecule has 0 aliphatic heterocycles. The van der Waals surface area contributed by atoms with Crippen molar-refractivity contribution in [3.8, 4) is 0 Å². The largest absolute Gasteiger partial charge is 0.444 e. The number of hydrogen-bond acceptors (Lipinski definition) is 5. The predicted molar refractivity (Wildman–Crippen MR) is 64.9 cm³/mol. The van der Waals surface area contributed by atoms with Crippen molar-refractivity contribution >= 4 is 11.7 Å². The van der Waals surface area contributed by atoms with Crippen LogP contribution in [0.25, 0.3) is 0 Å². The maximum atomic E-state index is 11.9. The Kier molecular flexibility index (Phi) is 3.05. The fourth-order valence-electron chi connectivity index (χ4n) is 1.59. The zero-order valence-electron chi connectivity index (χ0n) is 10.5. The molecule has 2 heterocycles. The lowest BCUT2D eigenvalue weighted by molar-refractivity contribution is 0.0947. The number of nitrogens with zero attached hydrogens (tertiary/aromatic N) is 2. The van der Waals surface area contributed by atoms with Gasteiger partial charge in [-0.1, -0.05) is 0 Å². The SMILES string of the molecule is Cc1nc(CNC(=O)c2c(N)n[nH]c2C)oc1C. The van der Waals surface area contributed by atoms with Gasteiger partial charge in [0, 0.05) is 5.69 Å². The number of hydrogen-bond donors (Lipinski definition) is 3. The molecular formula is C11H15N5O2. The molecule has 0 saturated carbocycles. The molecule has 0 unspecified atom stereocenters. The fraction of sp³-hybridized carbons (Fsp3) is 0.364. The monoisotopic (exact) mass is 249 g/mol. The van der Waals surface area contributed by atoms with Crippen molar-refractivity contribution in [3.05, 3.63) is 28.6 Å². The standard InChI is InChI=1S/C11H15N5O2/c1-5-7(3)18-8(14-5)4-13-11(17)9-6(2)15-16-10(9)12/h4H2,1-3H3,(H,13,17)(H3,12,15,16). The van der Waals surface area contributed by atoms with Gasteiger partial charge in [0.2, 0.25) is 5.89 Å². The number of aryl methyl sites for hydroxylation is 3. The van der Waals surface area contributed by atoms with Crippen molar-refractivity contribution < 1.29 is 9.21 Å². The predicted octanol–water partition coefficient (Wildman–Crippen LogP) is 0.835. The van der Waals surface area contributed by atoms with Crippen LogP contribution in [0.4, 0.5) is 5.82 Å². The minimum absolute atomic E-state index is 0.185. The summed E-state index contributed by atoms with van der Waals surface area (Å²) in [5.74, 6) is 1.10. The van der Waals surface area contributed by atoms with Crippen LogP contribution in [-0.2, 0) is 6.54 Å². The van der Waals surface area contributed by atoms with E-state index in [-0.39, 0.29) is 18.3 Å². The number of anilines is 1. The Morgan fingerprint density at radius 3 is 2.67 bits per heavy atom. The molecule has 4 N–H and O–H groups in total. The molecule has 0 atom stereocenters. The molecule has 18 heavy (non-hydrogen) atoms. The van der Waals surface area contributed by atoms with E-state index >= 15 is 0 Å². The lowest BCUT2D eigenvalue weighted by Crippen LogP contribution is -2.24. The molecule has 0 radical (unpaired) electrons. The van der Waals surface area contributed by atoms with E-state index in [0.717, 1.165) is 11.5 Å². The fourth-order valence-corrected chi connectivity index (χ4v) is 1.59. The van der Waals surface area contributed by atoms with Crippen molar-refractivity contribution in [2.45, 2.75) is 27.3 Å². The zero-order valence-corrected chi connectivity index (χ0v) is 10.5. The summed E-state index contributed by atoms with van der Waals surface area (Å²) in [4.78, 5) is 16.1. The van der Waals surface area contributed by atoms with Crippen molar-refractivity contribution in [1.29, 1.82) is 0 Å². The van der Waals surface area contributed by atoms with Crippen LogP contribution in [0.3, 0.4) is 0 Å². The Morgan fingerprint density at radius 2 is 2.17 bits per heavy atom. The molecule has 0 saturated heterocycles. The number of carbonyl (C=O) groups excluding carboxylic acids is 1. The molecule has 2 rings (SSSR count). The van der Waals surface area contributed by atoms with Gasteiger partial charge in [-0.2, -0.15) is 5.10 Å². The topological polar surface area (TPSA) is 110 Å². The molecule has 96 valence electrons. The van der Waals surface area contributed by atoms with E-state index in [2.05, 4.69) is 20.5 Å². The van der Waals surface area contributed by atoms with Crippen LogP contribution in [-0.4, -0.2) is 21.1 Å². The molecule has 0 aromatic carbocycles. The Balaban J connectivity index is 2.05. The average molecular weight is 249 g/mol. The quantitative estimate of drug-likeness (QED) is 0.746. The molecule has 0 aliphatic carbocycles. The summed E-state index contributed by atoms with van der Waals surface area (Å²) in [5.41, 5.74) is 7.40. The van der Waals surface area contributed by atoms with Crippen molar-refractivity contribution in [3.63, 3.8) is 0 Å². The van der Waals surface area contributed by atoms with E-state index in [1.165, 1.54) is 0 Å². The number of nitrogen functional groups attached to an aromatic ring is 1. The van der Waals surface area contributed by atoms with Crippen LogP contribution in [0.2, 0.25) is 0 Å². The average Bonchev–Trinajstić information content (AvgIpc) is 2.80. The third-order valence-corrected chi connectivity index (χ3v) is 2.68. The number of aromatic amines is 1. The van der Waals surface area contributed by atoms with Gasteiger partial charge in [0.1, 0.15) is 11.3 Å². The normalized spacial score (nSPS) is 10.6. The van der Waals surface area contributed by atoms with Gasteiger partial charge in [-0.15, -0.1) is 0 Å². The Labute approximate surface area is 104 Å². The van der Waals surface area contributed by atoms with E-state index in [1.54, 1.807) is 6.92 Å². The van der Waals surface area contributed by atoms with Crippen molar-refractivity contribution in [2.75, 3.05) is 5.73 Å². The van der Waals surface area contributed by atoms with Gasteiger partial charge in [-0.3, -0.25) is 9.89 Å². The highest BCUT2D eigenvalue weighted by molar-refractivity contribution is 5.99. The Hall–Kier alpha value is -2.31. The van der Waals surface area contributed by atoms with E-state index in [4.69, 9.17) is 10.2 Å². The second kappa shape index (κ2) is 4.52. The van der Waals surface area contributed by atoms with Crippen LogP contribution in [0, 0.1) is 20.8 Å². The third kappa shape index (κ3) is 2.20. The highest BCUT2D eigenvalue weighted by atomic mass is 16.4. The van der Waals surface area contributed by atoms with Gasteiger partial charge < -0.3 is 15.5 Å². The summed E-state index contributed by atoms with van der Waals surface area (Å²) in [6.07, 6.45) is 0. The van der Waals surface area contributed by atoms with Gasteiger partial charge in [-0.05, 0) is 20.8 Å². The second-order valence-corrected chi connectivity index (χ2v) is 4.04. The van der Waals surface area contributed by atoms with Crippen molar-refractivity contribution in [2.24, 2.45) is 0 Å². The van der Waals surface area contributed by atoms with E-state index < -0.39 is 0 Å². The number of oxazole rings is 1. The smallest absolute Gasteiger partial charge is 0.257 e. The van der Waals surface area contributed by atoms with Crippen LogP contribution < -0.4 is 11.1 Å². The van der Waals surface area contributed by atoms with Gasteiger partial charge in [0.25, 0.3) is 5.91 Å². The Bertz CT molecular complexity index is 545. The lowest BCUT2D eigenvalue weighted by Gasteiger charge is -2.02. The molecule has 7 nitrogen and oxygen atoms in total. The first-order valence-corrected chi connectivity index (χ1v) is 5.50. The molecule has 2 aromatic rings. The van der Waals surface area contributed by atoms with E-state index in [0.29, 0.717) is 17.1 Å². The summed E-state index contributed by atoms with van der Waals surface area (Å²) in [5, 5.41) is 9.11. The third-order valence-electron chi connectivity index (χ3n) is 2.68. The molecule has 1 amide bonds. The summed E-state index contributed by atoms with van der Waals surface area (Å²) < 4.78 is 5.36. The summed E-state index contributed by atoms with van der Waals surface area (Å²) in [7, 11) is 0. The van der Waals surface area contributed by atoms with Crippen LogP contribution >= 0.6 is 0 Å². The number of nitrogens with one attached hydrogen (secondary N) is 2. The zero-order chi connectivity index (χ0) is 13.3. The van der Waals surface area contributed by atoms with Gasteiger partial charge in [0.05, 0.1) is 12.2 Å². The van der Waals surface area contributed by atoms with Crippen LogP contribution in [0.5, 0.6) is 0 Å². The first-order chi connectivity index (χ1) is 8.49. The summed E-state index contributed by atoms with van der Waals surface area (Å²) in [6, 6.07) is 0. The summed E-state index contributed by atoms with van der Waals surface area (Å²) in [6.45, 7) is 5.63. The Morgan fingerprint density at radius 1 is 1.44 bits per heavy atom. The van der Waals surface area contributed by atoms with Crippen LogP contribution in [0.15, 0.2) is 4.42 Å². The van der Waals surface area contributed by atoms with E-state index in [9.17, 15) is 4.79 Å². The molecule has 0 fully saturated rings. The molecule has 0 spiro atoms. The number of rotatable bonds is 3. The first-order valence-electron chi connectivity index (χ1n) is 5.50. The molecular weight excluding hydrogens is 234 g/mol. The minimum Gasteiger partial charge on any atom is -0.444 e. The number of carbonyl (C=O) groups is 1. The minimum atomic E-state index is -0.299. The van der Waals surface area contributed by atoms with Gasteiger partial charge >= 0.3 is 0 Å². The van der Waals surface area contributed by atoms with Gasteiger partial charge in [-0.25, -0.2) is 4.98 Å². The number of H-pyrrole nitrogens is 1. The second-order valence-electron chi connectivity index (χ2n) is 4.04. The number of amides is 1. The number of nitrogens with two attached hydrogens (primary N) is 1. The van der Waals surface area contributed by atoms with Crippen LogP contribution in [0.1, 0.15) is 33.4 Å².